The topological polar surface area (TPSA) is 86.0 Å². The second kappa shape index (κ2) is 7.37. The van der Waals surface area contributed by atoms with Gasteiger partial charge in [0.15, 0.2) is 0 Å². The minimum Gasteiger partial charge on any atom is -0.326 e. The molecule has 0 saturated heterocycles. The number of carbonyl (C=O) groups is 1. The molecule has 0 fully saturated rings. The van der Waals surface area contributed by atoms with E-state index in [1.165, 1.54) is 6.92 Å². The van der Waals surface area contributed by atoms with Gasteiger partial charge in [-0.25, -0.2) is 4.79 Å². The third-order valence-electron chi connectivity index (χ3n) is 3.60. The summed E-state index contributed by atoms with van der Waals surface area (Å²) in [5.41, 5.74) is 0.584. The van der Waals surface area contributed by atoms with Gasteiger partial charge in [-0.05, 0) is 35.9 Å². The van der Waals surface area contributed by atoms with Crippen LogP contribution in [0.3, 0.4) is 0 Å². The molecule has 3 rings (SSSR count). The van der Waals surface area contributed by atoms with Crippen LogP contribution in [0.25, 0.3) is 5.69 Å². The second-order valence-corrected chi connectivity index (χ2v) is 6.06. The molecule has 1 amide bonds. The van der Waals surface area contributed by atoms with Gasteiger partial charge in [0.05, 0.1) is 12.2 Å². The van der Waals surface area contributed by atoms with Crippen LogP contribution in [-0.2, 0) is 11.3 Å². The lowest BCUT2D eigenvalue weighted by atomic mass is 10.2. The first-order chi connectivity index (χ1) is 12.4. The molecule has 0 atom stereocenters. The maximum atomic E-state index is 12.8. The van der Waals surface area contributed by atoms with E-state index >= 15 is 0 Å². The SMILES string of the molecule is CC(=O)Nc1cccc(-n2ncc(=O)n(Cc3cccc(Cl)c3)c2=O)c1. The van der Waals surface area contributed by atoms with Gasteiger partial charge in [0, 0.05) is 17.6 Å². The fourth-order valence-electron chi connectivity index (χ4n) is 2.49. The molecule has 1 N–H and O–H groups in total. The monoisotopic (exact) mass is 370 g/mol. The Kier molecular flexibility index (Phi) is 4.99. The number of aromatic nitrogens is 3. The van der Waals surface area contributed by atoms with Gasteiger partial charge in [-0.3, -0.25) is 14.2 Å². The molecular weight excluding hydrogens is 356 g/mol. The molecule has 26 heavy (non-hydrogen) atoms. The highest BCUT2D eigenvalue weighted by atomic mass is 35.5. The second-order valence-electron chi connectivity index (χ2n) is 5.62. The zero-order valence-corrected chi connectivity index (χ0v) is 14.6. The summed E-state index contributed by atoms with van der Waals surface area (Å²) in [6, 6.07) is 13.6. The smallest absolute Gasteiger partial charge is 0.326 e. The van der Waals surface area contributed by atoms with Crippen molar-refractivity contribution in [3.8, 4) is 5.69 Å². The normalized spacial score (nSPS) is 10.5. The summed E-state index contributed by atoms with van der Waals surface area (Å²) >= 11 is 5.96. The molecule has 0 radical (unpaired) electrons. The van der Waals surface area contributed by atoms with Crippen LogP contribution < -0.4 is 16.6 Å². The Hall–Kier alpha value is -3.19. The number of amides is 1. The fraction of sp³-hybridized carbons (Fsp3) is 0.111. The van der Waals surface area contributed by atoms with E-state index in [-0.39, 0.29) is 12.5 Å². The zero-order chi connectivity index (χ0) is 18.7. The minimum absolute atomic E-state index is 0.0755. The first kappa shape index (κ1) is 17.6. The van der Waals surface area contributed by atoms with E-state index in [4.69, 9.17) is 11.6 Å². The van der Waals surface area contributed by atoms with Crippen molar-refractivity contribution in [3.05, 3.63) is 86.2 Å². The van der Waals surface area contributed by atoms with Crippen molar-refractivity contribution in [3.63, 3.8) is 0 Å². The number of rotatable bonds is 4. The zero-order valence-electron chi connectivity index (χ0n) is 13.8. The van der Waals surface area contributed by atoms with Gasteiger partial charge in [0.25, 0.3) is 5.56 Å². The molecule has 1 aromatic heterocycles. The van der Waals surface area contributed by atoms with Crippen molar-refractivity contribution in [1.82, 2.24) is 14.3 Å². The molecule has 0 unspecified atom stereocenters. The van der Waals surface area contributed by atoms with Gasteiger partial charge in [-0.2, -0.15) is 9.78 Å². The van der Waals surface area contributed by atoms with Crippen LogP contribution in [0, 0.1) is 0 Å². The minimum atomic E-state index is -0.586. The van der Waals surface area contributed by atoms with Crippen LogP contribution in [0.4, 0.5) is 5.69 Å². The molecule has 0 bridgehead atoms. The number of anilines is 1. The molecule has 7 nitrogen and oxygen atoms in total. The van der Waals surface area contributed by atoms with Crippen molar-refractivity contribution in [1.29, 1.82) is 0 Å². The summed E-state index contributed by atoms with van der Waals surface area (Å²) < 4.78 is 2.18. The van der Waals surface area contributed by atoms with Crippen molar-refractivity contribution in [2.75, 3.05) is 5.32 Å². The lowest BCUT2D eigenvalue weighted by molar-refractivity contribution is -0.114. The number of halogens is 1. The summed E-state index contributed by atoms with van der Waals surface area (Å²) in [5.74, 6) is -0.228. The van der Waals surface area contributed by atoms with Gasteiger partial charge in [0.1, 0.15) is 6.20 Å². The van der Waals surface area contributed by atoms with E-state index in [2.05, 4.69) is 10.4 Å². The molecule has 1 heterocycles. The van der Waals surface area contributed by atoms with E-state index in [1.807, 2.05) is 0 Å². The largest absolute Gasteiger partial charge is 0.352 e. The fourth-order valence-corrected chi connectivity index (χ4v) is 2.71. The van der Waals surface area contributed by atoms with E-state index in [0.29, 0.717) is 16.4 Å². The number of hydrogen-bond acceptors (Lipinski definition) is 4. The molecule has 0 aliphatic carbocycles. The molecule has 0 aliphatic heterocycles. The third kappa shape index (κ3) is 3.89. The third-order valence-corrected chi connectivity index (χ3v) is 3.84. The molecule has 8 heteroatoms. The van der Waals surface area contributed by atoms with Gasteiger partial charge in [-0.1, -0.05) is 29.8 Å². The number of hydrogen-bond donors (Lipinski definition) is 1. The Morgan fingerprint density at radius 3 is 2.65 bits per heavy atom. The Balaban J connectivity index is 2.04. The molecule has 2 aromatic carbocycles. The number of carbonyl (C=O) groups excluding carboxylic acids is 1. The molecule has 132 valence electrons. The lowest BCUT2D eigenvalue weighted by Crippen LogP contribution is -2.40. The van der Waals surface area contributed by atoms with Crippen LogP contribution in [0.1, 0.15) is 12.5 Å². The quantitative estimate of drug-likeness (QED) is 0.761. The standard InChI is InChI=1S/C18H15ClN4O3/c1-12(24)21-15-6-3-7-16(9-15)23-18(26)22(17(25)10-20-23)11-13-4-2-5-14(19)8-13/h2-10H,11H2,1H3,(H,21,24). The van der Waals surface area contributed by atoms with Gasteiger partial charge >= 0.3 is 5.69 Å². The van der Waals surface area contributed by atoms with Crippen LogP contribution in [0.2, 0.25) is 5.02 Å². The number of nitrogens with zero attached hydrogens (tertiary/aromatic N) is 3. The summed E-state index contributed by atoms with van der Waals surface area (Å²) in [7, 11) is 0. The maximum Gasteiger partial charge on any atom is 0.352 e. The van der Waals surface area contributed by atoms with Crippen molar-refractivity contribution in [2.45, 2.75) is 13.5 Å². The molecule has 0 aliphatic rings. The van der Waals surface area contributed by atoms with Crippen molar-refractivity contribution >= 4 is 23.2 Å². The van der Waals surface area contributed by atoms with Gasteiger partial charge in [-0.15, -0.1) is 0 Å². The van der Waals surface area contributed by atoms with Gasteiger partial charge in [0.2, 0.25) is 5.91 Å². The molecule has 0 saturated carbocycles. The molecule has 0 spiro atoms. The highest BCUT2D eigenvalue weighted by Crippen LogP contribution is 2.13. The van der Waals surface area contributed by atoms with Gasteiger partial charge < -0.3 is 5.32 Å². The summed E-state index contributed by atoms with van der Waals surface area (Å²) in [6.07, 6.45) is 1.08. The number of benzene rings is 2. The van der Waals surface area contributed by atoms with Crippen LogP contribution in [0.15, 0.2) is 64.3 Å². The van der Waals surface area contributed by atoms with E-state index in [1.54, 1.807) is 48.5 Å². The van der Waals surface area contributed by atoms with E-state index < -0.39 is 11.2 Å². The first-order valence-electron chi connectivity index (χ1n) is 7.76. The van der Waals surface area contributed by atoms with Crippen molar-refractivity contribution < 1.29 is 4.79 Å². The predicted molar refractivity (Wildman–Crippen MR) is 99.0 cm³/mol. The summed E-state index contributed by atoms with van der Waals surface area (Å²) in [5, 5.41) is 7.08. The van der Waals surface area contributed by atoms with Crippen LogP contribution in [-0.4, -0.2) is 20.3 Å². The Bertz CT molecular complexity index is 1090. The number of nitrogens with one attached hydrogen (secondary N) is 1. The Labute approximate surface area is 153 Å². The van der Waals surface area contributed by atoms with Crippen molar-refractivity contribution in [2.24, 2.45) is 0 Å². The first-order valence-corrected chi connectivity index (χ1v) is 8.13. The van der Waals surface area contributed by atoms with Crippen LogP contribution in [0.5, 0.6) is 0 Å². The Morgan fingerprint density at radius 2 is 1.92 bits per heavy atom. The molecular formula is C18H15ClN4O3. The molecule has 3 aromatic rings. The average Bonchev–Trinajstić information content (AvgIpc) is 2.58. The average molecular weight is 371 g/mol. The summed E-state index contributed by atoms with van der Waals surface area (Å²) in [4.78, 5) is 36.1. The highest BCUT2D eigenvalue weighted by molar-refractivity contribution is 6.30. The van der Waals surface area contributed by atoms with E-state index in [0.717, 1.165) is 21.0 Å². The van der Waals surface area contributed by atoms with E-state index in [9.17, 15) is 14.4 Å². The highest BCUT2D eigenvalue weighted by Gasteiger charge is 2.10. The maximum absolute atomic E-state index is 12.8. The lowest BCUT2D eigenvalue weighted by Gasteiger charge is -2.10. The Morgan fingerprint density at radius 1 is 1.15 bits per heavy atom. The van der Waals surface area contributed by atoms with Crippen LogP contribution >= 0.6 is 11.6 Å². The predicted octanol–water partition coefficient (Wildman–Crippen LogP) is 2.05. The summed E-state index contributed by atoms with van der Waals surface area (Å²) in [6.45, 7) is 1.47.